The Labute approximate surface area is 158 Å². The monoisotopic (exact) mass is 417 g/mol. The summed E-state index contributed by atoms with van der Waals surface area (Å²) in [6.45, 7) is -0.210. The highest BCUT2D eigenvalue weighted by atomic mass is 79.9. The van der Waals surface area contributed by atoms with Gasteiger partial charge in [-0.15, -0.1) is 11.3 Å². The number of thiazole rings is 1. The van der Waals surface area contributed by atoms with Crippen LogP contribution in [0.15, 0.2) is 63.5 Å². The lowest BCUT2D eigenvalue weighted by Gasteiger charge is -2.09. The summed E-state index contributed by atoms with van der Waals surface area (Å²) in [6.07, 6.45) is 0. The van der Waals surface area contributed by atoms with Crippen molar-refractivity contribution in [2.75, 3.05) is 19.1 Å². The van der Waals surface area contributed by atoms with Crippen LogP contribution in [0.3, 0.4) is 0 Å². The second-order valence-electron chi connectivity index (χ2n) is 5.07. The molecule has 0 aliphatic rings. The Morgan fingerprint density at radius 2 is 2.00 bits per heavy atom. The van der Waals surface area contributed by atoms with Crippen molar-refractivity contribution in [3.8, 4) is 17.0 Å². The van der Waals surface area contributed by atoms with E-state index in [1.54, 1.807) is 7.11 Å². The van der Waals surface area contributed by atoms with Gasteiger partial charge in [0, 0.05) is 21.0 Å². The molecule has 0 spiro atoms. The third-order valence-electron chi connectivity index (χ3n) is 3.50. The summed E-state index contributed by atoms with van der Waals surface area (Å²) in [5.41, 5.74) is 6.05. The maximum Gasteiger partial charge on any atom is 0.203 e. The van der Waals surface area contributed by atoms with Gasteiger partial charge in [-0.05, 0) is 24.3 Å². The van der Waals surface area contributed by atoms with Gasteiger partial charge in [-0.25, -0.2) is 4.98 Å². The SMILES string of the molecule is COc1ccccc1/C(CO)=N/Nc1nc(-c2ccc(Br)cc2)cs1. The molecule has 0 bridgehead atoms. The first-order valence-corrected chi connectivity index (χ1v) is 9.17. The predicted molar refractivity (Wildman–Crippen MR) is 105 cm³/mol. The van der Waals surface area contributed by atoms with Gasteiger partial charge in [0.1, 0.15) is 5.75 Å². The number of benzene rings is 2. The van der Waals surface area contributed by atoms with Gasteiger partial charge in [0.05, 0.1) is 25.1 Å². The van der Waals surface area contributed by atoms with Gasteiger partial charge >= 0.3 is 0 Å². The maximum atomic E-state index is 9.64. The van der Waals surface area contributed by atoms with Crippen molar-refractivity contribution in [1.82, 2.24) is 4.98 Å². The molecule has 0 aliphatic carbocycles. The van der Waals surface area contributed by atoms with E-state index in [9.17, 15) is 5.11 Å². The van der Waals surface area contributed by atoms with E-state index in [1.165, 1.54) is 11.3 Å². The topological polar surface area (TPSA) is 66.7 Å². The van der Waals surface area contributed by atoms with E-state index in [0.717, 1.165) is 21.3 Å². The van der Waals surface area contributed by atoms with Crippen LogP contribution >= 0.6 is 27.3 Å². The molecular weight excluding hydrogens is 402 g/mol. The average Bonchev–Trinajstić information content (AvgIpc) is 3.12. The van der Waals surface area contributed by atoms with Crippen molar-refractivity contribution in [3.05, 3.63) is 63.9 Å². The molecule has 0 saturated heterocycles. The lowest BCUT2D eigenvalue weighted by Crippen LogP contribution is -2.10. The Balaban J connectivity index is 1.80. The van der Waals surface area contributed by atoms with Gasteiger partial charge in [-0.3, -0.25) is 5.43 Å². The van der Waals surface area contributed by atoms with Crippen LogP contribution in [-0.2, 0) is 0 Å². The number of ether oxygens (including phenoxy) is 1. The zero-order valence-corrected chi connectivity index (χ0v) is 15.8. The Bertz CT molecular complexity index is 878. The highest BCUT2D eigenvalue weighted by Crippen LogP contribution is 2.26. The third kappa shape index (κ3) is 4.25. The number of aliphatic hydroxyl groups excluding tert-OH is 1. The smallest absolute Gasteiger partial charge is 0.203 e. The fraction of sp³-hybridized carbons (Fsp3) is 0.111. The number of hydrogen-bond donors (Lipinski definition) is 2. The quantitative estimate of drug-likeness (QED) is 0.460. The van der Waals surface area contributed by atoms with Crippen LogP contribution in [0.5, 0.6) is 5.75 Å². The number of anilines is 1. The zero-order valence-electron chi connectivity index (χ0n) is 13.4. The highest BCUT2D eigenvalue weighted by Gasteiger charge is 2.10. The Hall–Kier alpha value is -2.22. The van der Waals surface area contributed by atoms with E-state index < -0.39 is 0 Å². The highest BCUT2D eigenvalue weighted by molar-refractivity contribution is 9.10. The summed E-state index contributed by atoms with van der Waals surface area (Å²) < 4.78 is 6.34. The average molecular weight is 418 g/mol. The number of methoxy groups -OCH3 is 1. The first kappa shape index (κ1) is 17.6. The van der Waals surface area contributed by atoms with Crippen LogP contribution in [0.25, 0.3) is 11.3 Å². The van der Waals surface area contributed by atoms with Crippen LogP contribution in [-0.4, -0.2) is 29.5 Å². The van der Waals surface area contributed by atoms with E-state index in [0.29, 0.717) is 16.6 Å². The number of para-hydroxylation sites is 1. The molecule has 0 amide bonds. The number of nitrogens with one attached hydrogen (secondary N) is 1. The van der Waals surface area contributed by atoms with E-state index >= 15 is 0 Å². The van der Waals surface area contributed by atoms with E-state index in [-0.39, 0.29) is 6.61 Å². The molecule has 2 aromatic carbocycles. The molecule has 3 rings (SSSR count). The summed E-state index contributed by atoms with van der Waals surface area (Å²) in [5, 5.41) is 16.5. The van der Waals surface area contributed by atoms with Crippen molar-refractivity contribution in [2.24, 2.45) is 5.10 Å². The number of aromatic nitrogens is 1. The molecule has 0 fully saturated rings. The summed E-state index contributed by atoms with van der Waals surface area (Å²) >= 11 is 4.88. The number of rotatable bonds is 6. The molecule has 0 radical (unpaired) electrons. The molecule has 7 heteroatoms. The van der Waals surface area contributed by atoms with Crippen molar-refractivity contribution in [3.63, 3.8) is 0 Å². The number of halogens is 1. The van der Waals surface area contributed by atoms with Crippen molar-refractivity contribution < 1.29 is 9.84 Å². The van der Waals surface area contributed by atoms with E-state index in [4.69, 9.17) is 4.74 Å². The molecule has 1 heterocycles. The first-order valence-electron chi connectivity index (χ1n) is 7.49. The van der Waals surface area contributed by atoms with Gasteiger partial charge in [0.15, 0.2) is 0 Å². The largest absolute Gasteiger partial charge is 0.496 e. The summed E-state index contributed by atoms with van der Waals surface area (Å²) in [7, 11) is 1.59. The normalized spacial score (nSPS) is 11.4. The summed E-state index contributed by atoms with van der Waals surface area (Å²) in [6, 6.07) is 15.4. The fourth-order valence-corrected chi connectivity index (χ4v) is 3.18. The Morgan fingerprint density at radius 3 is 2.72 bits per heavy atom. The van der Waals surface area contributed by atoms with Crippen molar-refractivity contribution in [1.29, 1.82) is 0 Å². The molecule has 3 aromatic rings. The minimum Gasteiger partial charge on any atom is -0.496 e. The van der Waals surface area contributed by atoms with Gasteiger partial charge in [-0.1, -0.05) is 40.2 Å². The Kier molecular flexibility index (Phi) is 5.80. The van der Waals surface area contributed by atoms with Crippen LogP contribution < -0.4 is 10.2 Å². The number of nitrogens with zero attached hydrogens (tertiary/aromatic N) is 2. The number of aliphatic hydroxyl groups is 1. The maximum absolute atomic E-state index is 9.64. The second-order valence-corrected chi connectivity index (χ2v) is 6.85. The Morgan fingerprint density at radius 1 is 1.24 bits per heavy atom. The van der Waals surface area contributed by atoms with Crippen molar-refractivity contribution >= 4 is 38.1 Å². The summed E-state index contributed by atoms with van der Waals surface area (Å²) in [5.74, 6) is 0.659. The number of hydrogen-bond acceptors (Lipinski definition) is 6. The minimum absolute atomic E-state index is 0.210. The van der Waals surface area contributed by atoms with Crippen LogP contribution in [0, 0.1) is 0 Å². The molecule has 0 atom stereocenters. The predicted octanol–water partition coefficient (Wildman–Crippen LogP) is 4.39. The van der Waals surface area contributed by atoms with Gasteiger partial charge in [0.2, 0.25) is 5.13 Å². The van der Waals surface area contributed by atoms with E-state index in [2.05, 4.69) is 31.4 Å². The van der Waals surface area contributed by atoms with Crippen LogP contribution in [0.4, 0.5) is 5.13 Å². The summed E-state index contributed by atoms with van der Waals surface area (Å²) in [4.78, 5) is 4.52. The number of hydrazone groups is 1. The molecule has 0 aliphatic heterocycles. The molecular formula is C18H16BrN3O2S. The molecule has 25 heavy (non-hydrogen) atoms. The molecule has 128 valence electrons. The molecule has 5 nitrogen and oxygen atoms in total. The lowest BCUT2D eigenvalue weighted by atomic mass is 10.1. The van der Waals surface area contributed by atoms with Gasteiger partial charge in [-0.2, -0.15) is 5.10 Å². The third-order valence-corrected chi connectivity index (χ3v) is 4.77. The molecule has 0 unspecified atom stereocenters. The second kappa shape index (κ2) is 8.24. The van der Waals surface area contributed by atoms with Gasteiger partial charge in [0.25, 0.3) is 0 Å². The molecule has 2 N–H and O–H groups in total. The fourth-order valence-electron chi connectivity index (χ4n) is 2.26. The van der Waals surface area contributed by atoms with Crippen molar-refractivity contribution in [2.45, 2.75) is 0 Å². The standard InChI is InChI=1S/C18H16BrN3O2S/c1-24-17-5-3-2-4-14(17)15(10-23)21-22-18-20-16(11-25-18)12-6-8-13(19)9-7-12/h2-9,11,23H,10H2,1H3,(H,20,22)/b21-15+. The molecule has 0 saturated carbocycles. The van der Waals surface area contributed by atoms with Crippen LogP contribution in [0.2, 0.25) is 0 Å². The van der Waals surface area contributed by atoms with Gasteiger partial charge < -0.3 is 9.84 Å². The van der Waals surface area contributed by atoms with E-state index in [1.807, 2.05) is 53.9 Å². The molecule has 1 aromatic heterocycles. The zero-order chi connectivity index (χ0) is 17.6. The first-order chi connectivity index (χ1) is 12.2. The lowest BCUT2D eigenvalue weighted by molar-refractivity contribution is 0.356. The van der Waals surface area contributed by atoms with Crippen LogP contribution in [0.1, 0.15) is 5.56 Å². The minimum atomic E-state index is -0.210.